The molecule has 0 atom stereocenters. The van der Waals surface area contributed by atoms with Gasteiger partial charge in [-0.05, 0) is 36.2 Å². The smallest absolute Gasteiger partial charge is 0.111 e. The summed E-state index contributed by atoms with van der Waals surface area (Å²) >= 11 is 12.0. The van der Waals surface area contributed by atoms with Crippen LogP contribution in [-0.4, -0.2) is 15.4 Å². The fourth-order valence-electron chi connectivity index (χ4n) is 2.68. The molecule has 2 aromatic carbocycles. The van der Waals surface area contributed by atoms with Gasteiger partial charge >= 0.3 is 0 Å². The van der Waals surface area contributed by atoms with E-state index in [0.29, 0.717) is 5.88 Å². The summed E-state index contributed by atoms with van der Waals surface area (Å²) in [7, 11) is 0. The molecule has 0 saturated carbocycles. The molecule has 0 aliphatic heterocycles. The van der Waals surface area contributed by atoms with Crippen LogP contribution >= 0.6 is 23.2 Å². The summed E-state index contributed by atoms with van der Waals surface area (Å²) in [6, 6.07) is 14.2. The van der Waals surface area contributed by atoms with Crippen LogP contribution in [0.15, 0.2) is 42.5 Å². The van der Waals surface area contributed by atoms with E-state index in [1.54, 1.807) is 0 Å². The van der Waals surface area contributed by atoms with Crippen molar-refractivity contribution >= 4 is 34.2 Å². The van der Waals surface area contributed by atoms with Crippen molar-refractivity contribution in [3.8, 4) is 0 Å². The van der Waals surface area contributed by atoms with Crippen molar-refractivity contribution in [1.29, 1.82) is 0 Å². The Balaban J connectivity index is 2.12. The highest BCUT2D eigenvalue weighted by atomic mass is 35.5. The van der Waals surface area contributed by atoms with Crippen LogP contribution in [0.2, 0.25) is 5.02 Å². The Morgan fingerprint density at radius 2 is 1.95 bits per heavy atom. The van der Waals surface area contributed by atoms with E-state index < -0.39 is 0 Å². The molecule has 4 heteroatoms. The van der Waals surface area contributed by atoms with Gasteiger partial charge in [0.25, 0.3) is 0 Å². The Hall–Kier alpha value is -1.51. The number of halogens is 2. The summed E-state index contributed by atoms with van der Waals surface area (Å²) in [6.07, 6.45) is 0.760. The molecular formula is C17H16Cl2N2. The third kappa shape index (κ3) is 2.92. The van der Waals surface area contributed by atoms with Crippen molar-refractivity contribution in [2.24, 2.45) is 0 Å². The van der Waals surface area contributed by atoms with E-state index in [4.69, 9.17) is 28.2 Å². The van der Waals surface area contributed by atoms with E-state index in [0.717, 1.165) is 29.3 Å². The second-order valence-electron chi connectivity index (χ2n) is 5.13. The Labute approximate surface area is 134 Å². The molecule has 0 aliphatic carbocycles. The lowest BCUT2D eigenvalue weighted by Crippen LogP contribution is -2.06. The van der Waals surface area contributed by atoms with Gasteiger partial charge in [0, 0.05) is 23.9 Å². The average molecular weight is 319 g/mol. The fourth-order valence-corrected chi connectivity index (χ4v) is 3.06. The van der Waals surface area contributed by atoms with Gasteiger partial charge < -0.3 is 4.57 Å². The first-order chi connectivity index (χ1) is 10.2. The first-order valence-electron chi connectivity index (χ1n) is 6.94. The fraction of sp³-hybridized carbons (Fsp3) is 0.235. The SMILES string of the molecule is Cc1cccc2nc(CCCl)n(Cc3cccc(Cl)c3)c12. The molecule has 0 N–H and O–H groups in total. The first kappa shape index (κ1) is 14.4. The van der Waals surface area contributed by atoms with Crippen LogP contribution in [0.4, 0.5) is 0 Å². The zero-order valence-corrected chi connectivity index (χ0v) is 13.3. The number of benzene rings is 2. The number of rotatable bonds is 4. The molecule has 108 valence electrons. The number of aryl methyl sites for hydroxylation is 2. The number of imidazole rings is 1. The maximum absolute atomic E-state index is 6.09. The quantitative estimate of drug-likeness (QED) is 0.630. The molecule has 1 heterocycles. The summed E-state index contributed by atoms with van der Waals surface area (Å²) in [5.74, 6) is 1.59. The van der Waals surface area contributed by atoms with Crippen LogP contribution in [0.5, 0.6) is 0 Å². The van der Waals surface area contributed by atoms with Crippen molar-refractivity contribution in [3.05, 3.63) is 64.4 Å². The standard InChI is InChI=1S/C17H16Cl2N2/c1-12-4-2-7-15-17(12)21(16(20-15)8-9-18)11-13-5-3-6-14(19)10-13/h2-7,10H,8-9,11H2,1H3. The summed E-state index contributed by atoms with van der Waals surface area (Å²) in [5.41, 5.74) is 4.60. The number of aromatic nitrogens is 2. The van der Waals surface area contributed by atoms with E-state index in [2.05, 4.69) is 29.7 Å². The van der Waals surface area contributed by atoms with Gasteiger partial charge in [0.05, 0.1) is 11.0 Å². The van der Waals surface area contributed by atoms with Crippen LogP contribution < -0.4 is 0 Å². The Bertz CT molecular complexity index is 778. The highest BCUT2D eigenvalue weighted by molar-refractivity contribution is 6.30. The molecule has 0 bridgehead atoms. The molecule has 3 aromatic rings. The number of fused-ring (bicyclic) bond motifs is 1. The summed E-state index contributed by atoms with van der Waals surface area (Å²) in [4.78, 5) is 4.73. The molecule has 21 heavy (non-hydrogen) atoms. The molecule has 2 nitrogen and oxygen atoms in total. The molecule has 1 aromatic heterocycles. The van der Waals surface area contributed by atoms with E-state index in [1.165, 1.54) is 16.6 Å². The van der Waals surface area contributed by atoms with E-state index >= 15 is 0 Å². The Morgan fingerprint density at radius 3 is 2.71 bits per heavy atom. The maximum Gasteiger partial charge on any atom is 0.111 e. The van der Waals surface area contributed by atoms with Gasteiger partial charge in [-0.3, -0.25) is 0 Å². The molecule has 0 radical (unpaired) electrons. The van der Waals surface area contributed by atoms with E-state index in [9.17, 15) is 0 Å². The topological polar surface area (TPSA) is 17.8 Å². The second-order valence-corrected chi connectivity index (χ2v) is 5.94. The Kier molecular flexibility index (Phi) is 4.18. The van der Waals surface area contributed by atoms with Crippen molar-refractivity contribution in [2.45, 2.75) is 19.9 Å². The highest BCUT2D eigenvalue weighted by Gasteiger charge is 2.12. The normalized spacial score (nSPS) is 11.2. The van der Waals surface area contributed by atoms with Gasteiger partial charge in [0.1, 0.15) is 5.82 Å². The number of hydrogen-bond donors (Lipinski definition) is 0. The Morgan fingerprint density at radius 1 is 1.14 bits per heavy atom. The van der Waals surface area contributed by atoms with Crippen LogP contribution in [-0.2, 0) is 13.0 Å². The predicted molar refractivity (Wildman–Crippen MR) is 89.4 cm³/mol. The molecule has 3 rings (SSSR count). The number of para-hydroxylation sites is 1. The van der Waals surface area contributed by atoms with Gasteiger partial charge in [-0.15, -0.1) is 11.6 Å². The third-order valence-corrected chi connectivity index (χ3v) is 4.02. The largest absolute Gasteiger partial charge is 0.323 e. The lowest BCUT2D eigenvalue weighted by atomic mass is 10.2. The monoisotopic (exact) mass is 318 g/mol. The predicted octanol–water partition coefficient (Wildman–Crippen LogP) is 4.83. The summed E-state index contributed by atoms with van der Waals surface area (Å²) in [6.45, 7) is 2.87. The molecule has 0 unspecified atom stereocenters. The zero-order chi connectivity index (χ0) is 14.8. The van der Waals surface area contributed by atoms with Crippen molar-refractivity contribution in [1.82, 2.24) is 9.55 Å². The molecule has 0 spiro atoms. The number of alkyl halides is 1. The van der Waals surface area contributed by atoms with Gasteiger partial charge in [-0.25, -0.2) is 4.98 Å². The van der Waals surface area contributed by atoms with Crippen LogP contribution in [0, 0.1) is 6.92 Å². The molecule has 0 amide bonds. The minimum absolute atomic E-state index is 0.567. The molecule has 0 aliphatic rings. The zero-order valence-electron chi connectivity index (χ0n) is 11.8. The summed E-state index contributed by atoms with van der Waals surface area (Å²) in [5, 5.41) is 0.757. The summed E-state index contributed by atoms with van der Waals surface area (Å²) < 4.78 is 2.25. The second kappa shape index (κ2) is 6.08. The third-order valence-electron chi connectivity index (χ3n) is 3.60. The van der Waals surface area contributed by atoms with E-state index in [1.807, 2.05) is 24.3 Å². The van der Waals surface area contributed by atoms with Crippen LogP contribution in [0.1, 0.15) is 17.0 Å². The van der Waals surface area contributed by atoms with Gasteiger partial charge in [-0.1, -0.05) is 35.9 Å². The number of hydrogen-bond acceptors (Lipinski definition) is 1. The highest BCUT2D eigenvalue weighted by Crippen LogP contribution is 2.23. The molecule has 0 saturated heterocycles. The minimum Gasteiger partial charge on any atom is -0.323 e. The van der Waals surface area contributed by atoms with Crippen LogP contribution in [0.3, 0.4) is 0 Å². The van der Waals surface area contributed by atoms with Gasteiger partial charge in [0.2, 0.25) is 0 Å². The van der Waals surface area contributed by atoms with Gasteiger partial charge in [-0.2, -0.15) is 0 Å². The van der Waals surface area contributed by atoms with Crippen LogP contribution in [0.25, 0.3) is 11.0 Å². The van der Waals surface area contributed by atoms with Crippen molar-refractivity contribution in [3.63, 3.8) is 0 Å². The first-order valence-corrected chi connectivity index (χ1v) is 7.85. The maximum atomic E-state index is 6.09. The number of nitrogens with zero attached hydrogens (tertiary/aromatic N) is 2. The van der Waals surface area contributed by atoms with Crippen molar-refractivity contribution in [2.75, 3.05) is 5.88 Å². The lowest BCUT2D eigenvalue weighted by molar-refractivity contribution is 0.753. The molecular weight excluding hydrogens is 303 g/mol. The van der Waals surface area contributed by atoms with Gasteiger partial charge in [0.15, 0.2) is 0 Å². The van der Waals surface area contributed by atoms with Crippen molar-refractivity contribution < 1.29 is 0 Å². The average Bonchev–Trinajstić information content (AvgIpc) is 2.79. The lowest BCUT2D eigenvalue weighted by Gasteiger charge is -2.10. The molecule has 0 fully saturated rings. The van der Waals surface area contributed by atoms with E-state index in [-0.39, 0.29) is 0 Å². The minimum atomic E-state index is 0.567.